The first-order valence-corrected chi connectivity index (χ1v) is 5.67. The van der Waals surface area contributed by atoms with Crippen LogP contribution in [-0.4, -0.2) is 21.7 Å². The zero-order valence-electron chi connectivity index (χ0n) is 7.65. The van der Waals surface area contributed by atoms with E-state index in [1.165, 1.54) is 0 Å². The van der Waals surface area contributed by atoms with Crippen molar-refractivity contribution in [3.8, 4) is 11.8 Å². The lowest BCUT2D eigenvalue weighted by Crippen LogP contribution is -2.01. The molecule has 0 spiro atoms. The molecular weight excluding hydrogens is 191 g/mol. The summed E-state index contributed by atoms with van der Waals surface area (Å²) in [5, 5.41) is 0. The monoisotopic (exact) mass is 204 g/mol. The highest BCUT2D eigenvalue weighted by Crippen LogP contribution is 2.33. The van der Waals surface area contributed by atoms with Crippen molar-refractivity contribution >= 4 is 13.4 Å². The Morgan fingerprint density at radius 1 is 1.46 bits per heavy atom. The third-order valence-corrected chi connectivity index (χ3v) is 1.79. The van der Waals surface area contributed by atoms with E-state index in [1.807, 2.05) is 13.8 Å². The fourth-order valence-corrected chi connectivity index (χ4v) is 1.03. The minimum absolute atomic E-state index is 0.357. The van der Waals surface area contributed by atoms with E-state index in [1.54, 1.807) is 0 Å². The number of carbonyl (C=O) groups excluding carboxylic acids is 1. The maximum absolute atomic E-state index is 10.8. The Bertz CT molecular complexity index is 278. The fraction of sp³-hybridized carbons (Fsp3) is 0.625. The molecule has 0 atom stereocenters. The molecule has 5 heteroatoms. The summed E-state index contributed by atoms with van der Waals surface area (Å²) in [5.41, 5.74) is 0. The number of carbonyl (C=O) groups is 1. The van der Waals surface area contributed by atoms with Gasteiger partial charge in [-0.3, -0.25) is 9.36 Å². The van der Waals surface area contributed by atoms with Gasteiger partial charge in [-0.2, -0.15) is 0 Å². The topological polar surface area (TPSA) is 74.6 Å². The summed E-state index contributed by atoms with van der Waals surface area (Å²) >= 11 is 0. The number of rotatable bonds is 3. The van der Waals surface area contributed by atoms with Gasteiger partial charge in [0.25, 0.3) is 0 Å². The summed E-state index contributed by atoms with van der Waals surface area (Å²) in [5.74, 6) is 4.41. The Kier molecular flexibility index (Phi) is 4.94. The van der Waals surface area contributed by atoms with Gasteiger partial charge in [0.1, 0.15) is 6.16 Å². The third kappa shape index (κ3) is 9.29. The van der Waals surface area contributed by atoms with Gasteiger partial charge in [-0.05, 0) is 11.8 Å². The molecule has 0 aromatic heterocycles. The Labute approximate surface area is 77.5 Å². The molecule has 0 heterocycles. The molecule has 0 unspecified atom stereocenters. The summed E-state index contributed by atoms with van der Waals surface area (Å²) < 4.78 is 10.3. The van der Waals surface area contributed by atoms with Crippen LogP contribution in [0, 0.1) is 17.8 Å². The van der Waals surface area contributed by atoms with Crippen molar-refractivity contribution in [1.82, 2.24) is 0 Å². The molecule has 0 fully saturated rings. The molecular formula is C8H13O4P. The fourth-order valence-electron chi connectivity index (χ4n) is 0.580. The van der Waals surface area contributed by atoms with Crippen LogP contribution in [0.5, 0.6) is 0 Å². The quantitative estimate of drug-likeness (QED) is 0.404. The SMILES string of the molecule is CC(C)CC#CC(=O)CP(=O)(O)O. The Morgan fingerprint density at radius 2 is 2.00 bits per heavy atom. The lowest BCUT2D eigenvalue weighted by Gasteiger charge is -1.97. The highest BCUT2D eigenvalue weighted by Gasteiger charge is 2.16. The van der Waals surface area contributed by atoms with Gasteiger partial charge in [-0.15, -0.1) is 0 Å². The molecule has 0 aliphatic carbocycles. The van der Waals surface area contributed by atoms with Crippen molar-refractivity contribution in [1.29, 1.82) is 0 Å². The number of ketones is 1. The molecule has 0 aliphatic rings. The Hall–Kier alpha value is -0.620. The standard InChI is InChI=1S/C8H13O4P/c1-7(2)4-3-5-8(9)6-13(10,11)12/h7H,4,6H2,1-2H3,(H2,10,11,12). The predicted molar refractivity (Wildman–Crippen MR) is 49.1 cm³/mol. The van der Waals surface area contributed by atoms with Gasteiger partial charge in [-0.1, -0.05) is 19.8 Å². The van der Waals surface area contributed by atoms with Crippen molar-refractivity contribution in [2.24, 2.45) is 5.92 Å². The van der Waals surface area contributed by atoms with E-state index < -0.39 is 19.5 Å². The van der Waals surface area contributed by atoms with Crippen LogP contribution in [0.3, 0.4) is 0 Å². The smallest absolute Gasteiger partial charge is 0.324 e. The number of hydrogen-bond acceptors (Lipinski definition) is 2. The minimum Gasteiger partial charge on any atom is -0.324 e. The van der Waals surface area contributed by atoms with E-state index >= 15 is 0 Å². The van der Waals surface area contributed by atoms with Gasteiger partial charge in [0.2, 0.25) is 5.78 Å². The van der Waals surface area contributed by atoms with Crippen molar-refractivity contribution < 1.29 is 19.1 Å². The Balaban J connectivity index is 3.99. The molecule has 0 bridgehead atoms. The van der Waals surface area contributed by atoms with Gasteiger partial charge in [-0.25, -0.2) is 0 Å². The van der Waals surface area contributed by atoms with Gasteiger partial charge in [0.05, 0.1) is 0 Å². The van der Waals surface area contributed by atoms with Crippen molar-refractivity contribution in [2.45, 2.75) is 20.3 Å². The molecule has 0 radical (unpaired) electrons. The van der Waals surface area contributed by atoms with Crippen LogP contribution in [0.4, 0.5) is 0 Å². The molecule has 0 amide bonds. The highest BCUT2D eigenvalue weighted by molar-refractivity contribution is 7.52. The predicted octanol–water partition coefficient (Wildman–Crippen LogP) is 0.783. The van der Waals surface area contributed by atoms with E-state index in [0.29, 0.717) is 12.3 Å². The second-order valence-corrected chi connectivity index (χ2v) is 4.79. The highest BCUT2D eigenvalue weighted by atomic mass is 31.2. The van der Waals surface area contributed by atoms with Gasteiger partial charge in [0, 0.05) is 6.42 Å². The first kappa shape index (κ1) is 12.4. The van der Waals surface area contributed by atoms with Crippen LogP contribution >= 0.6 is 7.60 Å². The third-order valence-electron chi connectivity index (χ3n) is 1.09. The van der Waals surface area contributed by atoms with Crippen molar-refractivity contribution in [2.75, 3.05) is 6.16 Å². The average molecular weight is 204 g/mol. The van der Waals surface area contributed by atoms with Crippen molar-refractivity contribution in [3.05, 3.63) is 0 Å². The second-order valence-electron chi connectivity index (χ2n) is 3.15. The largest absolute Gasteiger partial charge is 0.333 e. The molecule has 0 rings (SSSR count). The van der Waals surface area contributed by atoms with E-state index in [2.05, 4.69) is 11.8 Å². The molecule has 13 heavy (non-hydrogen) atoms. The van der Waals surface area contributed by atoms with Gasteiger partial charge >= 0.3 is 7.60 Å². The minimum atomic E-state index is -4.24. The van der Waals surface area contributed by atoms with Crippen LogP contribution in [0.15, 0.2) is 0 Å². The van der Waals surface area contributed by atoms with Crippen LogP contribution in [0.25, 0.3) is 0 Å². The molecule has 4 nitrogen and oxygen atoms in total. The average Bonchev–Trinajstić information content (AvgIpc) is 1.81. The Morgan fingerprint density at radius 3 is 2.38 bits per heavy atom. The molecule has 0 saturated heterocycles. The van der Waals surface area contributed by atoms with Crippen LogP contribution in [0.1, 0.15) is 20.3 Å². The molecule has 0 aliphatic heterocycles. The molecule has 74 valence electrons. The lowest BCUT2D eigenvalue weighted by atomic mass is 10.1. The van der Waals surface area contributed by atoms with E-state index in [4.69, 9.17) is 9.79 Å². The zero-order valence-corrected chi connectivity index (χ0v) is 8.54. The first-order valence-electron chi connectivity index (χ1n) is 3.87. The summed E-state index contributed by atoms with van der Waals surface area (Å²) in [7, 11) is -4.24. The van der Waals surface area contributed by atoms with Crippen LogP contribution in [0.2, 0.25) is 0 Å². The normalized spacial score (nSPS) is 10.8. The summed E-state index contributed by atoms with van der Waals surface area (Å²) in [6.45, 7) is 3.89. The molecule has 2 N–H and O–H groups in total. The zero-order chi connectivity index (χ0) is 10.5. The summed E-state index contributed by atoms with van der Waals surface area (Å²) in [6, 6.07) is 0. The summed E-state index contributed by atoms with van der Waals surface area (Å²) in [4.78, 5) is 27.6. The van der Waals surface area contributed by atoms with E-state index in [0.717, 1.165) is 0 Å². The summed E-state index contributed by atoms with van der Waals surface area (Å²) in [6.07, 6.45) is -0.217. The molecule has 0 saturated carbocycles. The lowest BCUT2D eigenvalue weighted by molar-refractivity contribution is -0.111. The second kappa shape index (κ2) is 5.18. The van der Waals surface area contributed by atoms with Crippen LogP contribution in [-0.2, 0) is 9.36 Å². The van der Waals surface area contributed by atoms with Gasteiger partial charge < -0.3 is 9.79 Å². The first-order chi connectivity index (χ1) is 5.81. The molecule has 0 aromatic carbocycles. The number of hydrogen-bond donors (Lipinski definition) is 2. The van der Waals surface area contributed by atoms with E-state index in [-0.39, 0.29) is 0 Å². The van der Waals surface area contributed by atoms with Crippen LogP contribution < -0.4 is 0 Å². The maximum Gasteiger partial charge on any atom is 0.333 e. The maximum atomic E-state index is 10.8. The number of Topliss-reactive ketones (excluding diaryl/α,β-unsaturated/α-hetero) is 1. The van der Waals surface area contributed by atoms with Gasteiger partial charge in [0.15, 0.2) is 0 Å². The van der Waals surface area contributed by atoms with E-state index in [9.17, 15) is 9.36 Å². The van der Waals surface area contributed by atoms with Crippen molar-refractivity contribution in [3.63, 3.8) is 0 Å². The molecule has 0 aromatic rings.